The lowest BCUT2D eigenvalue weighted by atomic mass is 10.1. The van der Waals surface area contributed by atoms with Crippen LogP contribution in [-0.2, 0) is 9.84 Å². The van der Waals surface area contributed by atoms with Crippen LogP contribution in [0, 0.1) is 13.8 Å². The number of aryl methyl sites for hydroxylation is 2. The highest BCUT2D eigenvalue weighted by molar-refractivity contribution is 8.16. The predicted octanol–water partition coefficient (Wildman–Crippen LogP) is 3.22. The fraction of sp³-hybridized carbons (Fsp3) is 0.300. The van der Waals surface area contributed by atoms with Crippen LogP contribution in [0.2, 0.25) is 0 Å². The van der Waals surface area contributed by atoms with Crippen LogP contribution in [0.15, 0.2) is 53.5 Å². The molecule has 7 heteroatoms. The smallest absolute Gasteiger partial charge is 0.279 e. The Balaban J connectivity index is 1.75. The number of carbonyl (C=O) groups excluding carboxylic acids is 1. The Morgan fingerprint density at radius 2 is 1.81 bits per heavy atom. The maximum absolute atomic E-state index is 12.6. The number of hydrogen-bond acceptors (Lipinski definition) is 4. The number of sulfone groups is 1. The molecule has 27 heavy (non-hydrogen) atoms. The molecule has 0 spiro atoms. The van der Waals surface area contributed by atoms with Crippen molar-refractivity contribution in [2.75, 3.05) is 16.4 Å². The van der Waals surface area contributed by atoms with Crippen LogP contribution in [0.1, 0.15) is 21.5 Å². The van der Waals surface area contributed by atoms with Crippen LogP contribution < -0.4 is 4.90 Å². The van der Waals surface area contributed by atoms with E-state index in [9.17, 15) is 13.2 Å². The van der Waals surface area contributed by atoms with Gasteiger partial charge in [-0.2, -0.15) is 4.99 Å². The second kappa shape index (κ2) is 6.80. The van der Waals surface area contributed by atoms with Crippen molar-refractivity contribution in [1.29, 1.82) is 0 Å². The van der Waals surface area contributed by atoms with Crippen molar-refractivity contribution in [3.8, 4) is 0 Å². The molecule has 2 fully saturated rings. The van der Waals surface area contributed by atoms with E-state index >= 15 is 0 Å². The summed E-state index contributed by atoms with van der Waals surface area (Å²) in [6.45, 7) is 4.06. The number of benzene rings is 2. The number of amidine groups is 1. The normalized spacial score (nSPS) is 25.0. The molecular weight excluding hydrogens is 380 g/mol. The minimum absolute atomic E-state index is 0.0934. The standard InChI is InChI=1S/C20H20N2O3S2/c1-13-8-9-16(10-14(13)2)22-17-11-27(24,25)12-18(17)26-20(22)21-19(23)15-6-4-3-5-7-15/h3-10,17-18H,11-12H2,1-2H3/t17-,18-/m1/s1. The molecule has 5 nitrogen and oxygen atoms in total. The van der Waals surface area contributed by atoms with Crippen LogP contribution in [-0.4, -0.2) is 42.3 Å². The molecule has 2 aromatic rings. The van der Waals surface area contributed by atoms with Gasteiger partial charge in [-0.05, 0) is 49.2 Å². The molecule has 2 aliphatic heterocycles. The first-order valence-corrected chi connectivity index (χ1v) is 11.5. The van der Waals surface area contributed by atoms with Gasteiger partial charge in [0.15, 0.2) is 15.0 Å². The van der Waals surface area contributed by atoms with Gasteiger partial charge in [0.25, 0.3) is 5.91 Å². The van der Waals surface area contributed by atoms with Gasteiger partial charge in [0.2, 0.25) is 0 Å². The monoisotopic (exact) mass is 400 g/mol. The van der Waals surface area contributed by atoms with Crippen molar-refractivity contribution in [3.05, 3.63) is 65.2 Å². The fourth-order valence-corrected chi connectivity index (χ4v) is 7.39. The lowest BCUT2D eigenvalue weighted by Crippen LogP contribution is -2.37. The number of thioether (sulfide) groups is 1. The van der Waals surface area contributed by atoms with E-state index < -0.39 is 9.84 Å². The highest BCUT2D eigenvalue weighted by atomic mass is 32.2. The Hall–Kier alpha value is -2.12. The van der Waals surface area contributed by atoms with E-state index in [1.807, 2.05) is 43.0 Å². The Morgan fingerprint density at radius 3 is 2.52 bits per heavy atom. The van der Waals surface area contributed by atoms with Gasteiger partial charge in [-0.1, -0.05) is 36.0 Å². The van der Waals surface area contributed by atoms with Gasteiger partial charge in [0.05, 0.1) is 17.5 Å². The molecule has 0 aliphatic carbocycles. The zero-order valence-electron chi connectivity index (χ0n) is 15.1. The Kier molecular flexibility index (Phi) is 4.60. The van der Waals surface area contributed by atoms with Crippen LogP contribution in [0.4, 0.5) is 5.69 Å². The SMILES string of the molecule is Cc1ccc(N2C(=NC(=O)c3ccccc3)S[C@@H]3CS(=O)(=O)C[C@H]32)cc1C. The Bertz CT molecular complexity index is 1030. The quantitative estimate of drug-likeness (QED) is 0.774. The number of rotatable bonds is 2. The van der Waals surface area contributed by atoms with Gasteiger partial charge in [-0.25, -0.2) is 8.42 Å². The van der Waals surface area contributed by atoms with Gasteiger partial charge in [0, 0.05) is 16.5 Å². The molecular formula is C20H20N2O3S2. The molecule has 1 amide bonds. The third-order valence-electron chi connectivity index (χ3n) is 5.05. The zero-order valence-corrected chi connectivity index (χ0v) is 16.8. The van der Waals surface area contributed by atoms with E-state index in [0.717, 1.165) is 11.3 Å². The van der Waals surface area contributed by atoms with E-state index in [0.29, 0.717) is 10.7 Å². The summed E-state index contributed by atoms with van der Waals surface area (Å²) < 4.78 is 24.3. The topological polar surface area (TPSA) is 66.8 Å². The summed E-state index contributed by atoms with van der Waals surface area (Å²) in [4.78, 5) is 18.9. The van der Waals surface area contributed by atoms with Crippen LogP contribution >= 0.6 is 11.8 Å². The van der Waals surface area contributed by atoms with E-state index in [4.69, 9.17) is 0 Å². The molecule has 140 valence electrons. The fourth-order valence-electron chi connectivity index (χ4n) is 3.47. The zero-order chi connectivity index (χ0) is 19.2. The summed E-state index contributed by atoms with van der Waals surface area (Å²) in [5, 5.41) is 0.482. The highest BCUT2D eigenvalue weighted by Crippen LogP contribution is 2.41. The lowest BCUT2D eigenvalue weighted by Gasteiger charge is -2.25. The van der Waals surface area contributed by atoms with Crippen LogP contribution in [0.3, 0.4) is 0 Å². The summed E-state index contributed by atoms with van der Waals surface area (Å²) in [7, 11) is -3.07. The molecule has 0 bridgehead atoms. The van der Waals surface area contributed by atoms with E-state index in [-0.39, 0.29) is 28.7 Å². The second-order valence-electron chi connectivity index (χ2n) is 7.00. The molecule has 2 aromatic carbocycles. The first-order chi connectivity index (χ1) is 12.8. The van der Waals surface area contributed by atoms with Crippen molar-refractivity contribution in [2.45, 2.75) is 25.1 Å². The number of aliphatic imine (C=N–C) groups is 1. The largest absolute Gasteiger partial charge is 0.316 e. The predicted molar refractivity (Wildman–Crippen MR) is 110 cm³/mol. The lowest BCUT2D eigenvalue weighted by molar-refractivity contribution is 0.100. The number of carbonyl (C=O) groups is 1. The van der Waals surface area contributed by atoms with Gasteiger partial charge in [-0.3, -0.25) is 4.79 Å². The highest BCUT2D eigenvalue weighted by Gasteiger charge is 2.49. The molecule has 0 aromatic heterocycles. The van der Waals surface area contributed by atoms with Gasteiger partial charge in [-0.15, -0.1) is 0 Å². The first kappa shape index (κ1) is 18.3. The van der Waals surface area contributed by atoms with Crippen molar-refractivity contribution in [1.82, 2.24) is 0 Å². The van der Waals surface area contributed by atoms with E-state index in [1.165, 1.54) is 17.3 Å². The molecule has 0 N–H and O–H groups in total. The van der Waals surface area contributed by atoms with Crippen LogP contribution in [0.5, 0.6) is 0 Å². The first-order valence-electron chi connectivity index (χ1n) is 8.76. The molecule has 0 saturated carbocycles. The van der Waals surface area contributed by atoms with Crippen molar-refractivity contribution >= 4 is 38.4 Å². The van der Waals surface area contributed by atoms with Crippen molar-refractivity contribution in [2.24, 2.45) is 4.99 Å². The van der Waals surface area contributed by atoms with Crippen molar-refractivity contribution in [3.63, 3.8) is 0 Å². The summed E-state index contributed by atoms with van der Waals surface area (Å²) in [5.74, 6) is -0.0898. The van der Waals surface area contributed by atoms with Crippen molar-refractivity contribution < 1.29 is 13.2 Å². The number of amides is 1. The molecule has 4 rings (SSSR count). The van der Waals surface area contributed by atoms with Gasteiger partial charge in [0.1, 0.15) is 0 Å². The average Bonchev–Trinajstić information content (AvgIpc) is 3.09. The Morgan fingerprint density at radius 1 is 1.07 bits per heavy atom. The Labute approximate surface area is 163 Å². The van der Waals surface area contributed by atoms with E-state index in [2.05, 4.69) is 4.99 Å². The van der Waals surface area contributed by atoms with Gasteiger partial charge >= 0.3 is 0 Å². The molecule has 2 aliphatic rings. The summed E-state index contributed by atoms with van der Waals surface area (Å²) in [6, 6.07) is 14.8. The molecule has 2 atom stereocenters. The summed E-state index contributed by atoms with van der Waals surface area (Å²) >= 11 is 1.40. The number of nitrogens with zero attached hydrogens (tertiary/aromatic N) is 2. The number of fused-ring (bicyclic) bond motifs is 1. The van der Waals surface area contributed by atoms with Crippen LogP contribution in [0.25, 0.3) is 0 Å². The molecule has 2 heterocycles. The molecule has 0 unspecified atom stereocenters. The van der Waals surface area contributed by atoms with E-state index in [1.54, 1.807) is 24.3 Å². The minimum atomic E-state index is -3.07. The summed E-state index contributed by atoms with van der Waals surface area (Å²) in [6.07, 6.45) is 0. The third kappa shape index (κ3) is 3.53. The summed E-state index contributed by atoms with van der Waals surface area (Å²) in [5.41, 5.74) is 3.70. The molecule has 2 saturated heterocycles. The third-order valence-corrected chi connectivity index (χ3v) is 8.26. The number of anilines is 1. The molecule has 0 radical (unpaired) electrons. The average molecular weight is 401 g/mol. The second-order valence-corrected chi connectivity index (χ2v) is 10.4. The van der Waals surface area contributed by atoms with Gasteiger partial charge < -0.3 is 4.90 Å². The number of hydrogen-bond donors (Lipinski definition) is 0. The maximum atomic E-state index is 12.6. The minimum Gasteiger partial charge on any atom is -0.316 e. The maximum Gasteiger partial charge on any atom is 0.279 e.